The summed E-state index contributed by atoms with van der Waals surface area (Å²) in [7, 11) is -4.02. The lowest BCUT2D eigenvalue weighted by atomic mass is 9.85. The summed E-state index contributed by atoms with van der Waals surface area (Å²) < 4.78 is 28.6. The number of nitrogens with zero attached hydrogens (tertiary/aromatic N) is 1. The van der Waals surface area contributed by atoms with Gasteiger partial charge in [-0.1, -0.05) is 83.1 Å². The molecule has 3 aromatic rings. The minimum Gasteiger partial charge on any atom is -0.399 e. The minimum absolute atomic E-state index is 0. The molecule has 0 heterocycles. The molecule has 3 amide bonds. The van der Waals surface area contributed by atoms with Gasteiger partial charge in [-0.05, 0) is 59.7 Å². The number of hydrogen-bond acceptors (Lipinski definition) is 7. The fourth-order valence-electron chi connectivity index (χ4n) is 4.96. The van der Waals surface area contributed by atoms with Crippen molar-refractivity contribution in [3.8, 4) is 0 Å². The fourth-order valence-corrected chi connectivity index (χ4v) is 6.58. The number of halogens is 1. The van der Waals surface area contributed by atoms with Crippen LogP contribution in [0.1, 0.15) is 50.5 Å². The van der Waals surface area contributed by atoms with Crippen LogP contribution in [-0.4, -0.2) is 73.4 Å². The number of sulfonamides is 1. The molecule has 0 unspecified atom stereocenters. The number of aliphatic hydroxyl groups excluding tert-OH is 1. The highest BCUT2D eigenvalue weighted by Crippen LogP contribution is 2.22. The first-order chi connectivity index (χ1) is 22.1. The van der Waals surface area contributed by atoms with E-state index in [4.69, 9.17) is 5.73 Å². The predicted octanol–water partition coefficient (Wildman–Crippen LogP) is 3.39. The van der Waals surface area contributed by atoms with E-state index in [1.54, 1.807) is 51.1 Å². The maximum atomic E-state index is 13.8. The SMILES string of the molecule is CC(C)CN(C[C@@H](O)[C@H](Cc1ccccc1)NC(=O)[C@@H](NC(=O)CNC(=O)c1ccccc1)C(C)(C)C)S(=O)(=O)c1ccc(N)cc1.Cl. The number of carbonyl (C=O) groups excluding carboxylic acids is 3. The van der Waals surface area contributed by atoms with Crippen LogP contribution in [0.15, 0.2) is 89.8 Å². The molecule has 0 bridgehead atoms. The lowest BCUT2D eigenvalue weighted by molar-refractivity contribution is -0.132. The van der Waals surface area contributed by atoms with Crippen LogP contribution in [0.3, 0.4) is 0 Å². The first-order valence-corrected chi connectivity index (χ1v) is 17.0. The van der Waals surface area contributed by atoms with Crippen LogP contribution in [0.5, 0.6) is 0 Å². The van der Waals surface area contributed by atoms with Gasteiger partial charge in [0.2, 0.25) is 21.8 Å². The molecule has 11 nitrogen and oxygen atoms in total. The molecule has 0 spiro atoms. The first kappa shape index (κ1) is 40.2. The second-order valence-corrected chi connectivity index (χ2v) is 15.0. The van der Waals surface area contributed by atoms with Crippen LogP contribution in [0, 0.1) is 11.3 Å². The van der Waals surface area contributed by atoms with Crippen molar-refractivity contribution in [2.75, 3.05) is 25.4 Å². The molecule has 48 heavy (non-hydrogen) atoms. The summed E-state index contributed by atoms with van der Waals surface area (Å²) in [6.07, 6.45) is -1.12. The number of hydrogen-bond donors (Lipinski definition) is 5. The molecule has 6 N–H and O–H groups in total. The largest absolute Gasteiger partial charge is 0.399 e. The van der Waals surface area contributed by atoms with E-state index in [0.29, 0.717) is 11.3 Å². The minimum atomic E-state index is -4.02. The van der Waals surface area contributed by atoms with Gasteiger partial charge in [-0.25, -0.2) is 8.42 Å². The molecule has 0 saturated heterocycles. The van der Waals surface area contributed by atoms with Crippen LogP contribution in [-0.2, 0) is 26.0 Å². The summed E-state index contributed by atoms with van der Waals surface area (Å²) in [5.74, 6) is -1.61. The normalized spacial score (nSPS) is 13.6. The molecular weight excluding hydrogens is 654 g/mol. The van der Waals surface area contributed by atoms with Gasteiger partial charge in [0.05, 0.1) is 23.6 Å². The van der Waals surface area contributed by atoms with Crippen LogP contribution >= 0.6 is 12.4 Å². The van der Waals surface area contributed by atoms with E-state index in [-0.39, 0.29) is 49.3 Å². The highest BCUT2D eigenvalue weighted by atomic mass is 35.5. The van der Waals surface area contributed by atoms with E-state index >= 15 is 0 Å². The number of anilines is 1. The lowest BCUT2D eigenvalue weighted by Gasteiger charge is -2.34. The van der Waals surface area contributed by atoms with Crippen LogP contribution < -0.4 is 21.7 Å². The second kappa shape index (κ2) is 18.0. The molecule has 3 rings (SSSR count). The van der Waals surface area contributed by atoms with Gasteiger partial charge in [-0.3, -0.25) is 14.4 Å². The molecule has 0 aliphatic carbocycles. The number of aliphatic hydroxyl groups is 1. The molecule has 0 radical (unpaired) electrons. The number of amides is 3. The Morgan fingerprint density at radius 1 is 0.854 bits per heavy atom. The molecule has 0 saturated carbocycles. The van der Waals surface area contributed by atoms with Crippen molar-refractivity contribution in [2.45, 2.75) is 64.1 Å². The highest BCUT2D eigenvalue weighted by Gasteiger charge is 2.36. The smallest absolute Gasteiger partial charge is 0.251 e. The first-order valence-electron chi connectivity index (χ1n) is 15.6. The van der Waals surface area contributed by atoms with E-state index in [0.717, 1.165) is 5.56 Å². The number of carbonyl (C=O) groups is 3. The van der Waals surface area contributed by atoms with Crippen molar-refractivity contribution in [3.05, 3.63) is 96.1 Å². The van der Waals surface area contributed by atoms with Gasteiger partial charge in [0.25, 0.3) is 5.91 Å². The molecule has 0 aromatic heterocycles. The summed E-state index contributed by atoms with van der Waals surface area (Å²) in [5, 5.41) is 19.8. The van der Waals surface area contributed by atoms with Gasteiger partial charge in [0.1, 0.15) is 6.04 Å². The fraction of sp³-hybridized carbons (Fsp3) is 0.400. The second-order valence-electron chi connectivity index (χ2n) is 13.1. The molecule has 262 valence electrons. The van der Waals surface area contributed by atoms with Crippen LogP contribution in [0.4, 0.5) is 5.69 Å². The topological polar surface area (TPSA) is 171 Å². The van der Waals surface area contributed by atoms with Crippen molar-refractivity contribution in [2.24, 2.45) is 11.3 Å². The van der Waals surface area contributed by atoms with E-state index < -0.39 is 51.3 Å². The van der Waals surface area contributed by atoms with Crippen molar-refractivity contribution in [3.63, 3.8) is 0 Å². The van der Waals surface area contributed by atoms with Crippen molar-refractivity contribution < 1.29 is 27.9 Å². The number of benzene rings is 3. The van der Waals surface area contributed by atoms with E-state index in [1.165, 1.54) is 28.6 Å². The Kier molecular flexibility index (Phi) is 15.1. The van der Waals surface area contributed by atoms with Gasteiger partial charge >= 0.3 is 0 Å². The molecule has 0 fully saturated rings. The predicted molar refractivity (Wildman–Crippen MR) is 190 cm³/mol. The van der Waals surface area contributed by atoms with Gasteiger partial charge in [0.15, 0.2) is 0 Å². The Bertz CT molecular complexity index is 1580. The molecule has 3 atom stereocenters. The average molecular weight is 702 g/mol. The zero-order valence-corrected chi connectivity index (χ0v) is 29.7. The van der Waals surface area contributed by atoms with Crippen molar-refractivity contribution in [1.82, 2.24) is 20.3 Å². The Morgan fingerprint density at radius 2 is 1.42 bits per heavy atom. The molecule has 0 aliphatic heterocycles. The standard InChI is InChI=1S/C35H47N5O6S.ClH/c1-24(2)22-40(47(45,46)28-18-16-27(36)17-19-28)23-30(41)29(20-25-12-8-6-9-13-25)38-34(44)32(35(3,4)5)39-31(42)21-37-33(43)26-14-10-7-11-15-26;/h6-19,24,29-30,32,41H,20-23,36H2,1-5H3,(H,37,43)(H,38,44)(H,39,42);1H/t29-,30+,32+;/m0./s1. The monoisotopic (exact) mass is 701 g/mol. The molecule has 3 aromatic carbocycles. The summed E-state index contributed by atoms with van der Waals surface area (Å²) in [6.45, 7) is 8.59. The highest BCUT2D eigenvalue weighted by molar-refractivity contribution is 7.89. The number of nitrogen functional groups attached to an aromatic ring is 1. The zero-order valence-electron chi connectivity index (χ0n) is 28.1. The van der Waals surface area contributed by atoms with Gasteiger partial charge in [0, 0.05) is 24.3 Å². The van der Waals surface area contributed by atoms with Crippen LogP contribution in [0.25, 0.3) is 0 Å². The van der Waals surface area contributed by atoms with E-state index in [1.807, 2.05) is 44.2 Å². The summed E-state index contributed by atoms with van der Waals surface area (Å²) in [5.41, 5.74) is 6.65. The summed E-state index contributed by atoms with van der Waals surface area (Å²) in [6, 6.07) is 21.6. The third kappa shape index (κ3) is 11.9. The lowest BCUT2D eigenvalue weighted by Crippen LogP contribution is -2.59. The third-order valence-corrected chi connectivity index (χ3v) is 9.29. The van der Waals surface area contributed by atoms with Gasteiger partial charge in [-0.15, -0.1) is 12.4 Å². The number of nitrogens with two attached hydrogens (primary N) is 1. The molecular formula is C35H48ClN5O6S. The van der Waals surface area contributed by atoms with E-state index in [2.05, 4.69) is 16.0 Å². The maximum Gasteiger partial charge on any atom is 0.251 e. The van der Waals surface area contributed by atoms with E-state index in [9.17, 15) is 27.9 Å². The Morgan fingerprint density at radius 3 is 1.96 bits per heavy atom. The number of rotatable bonds is 15. The Hall–Kier alpha value is -3.97. The van der Waals surface area contributed by atoms with Crippen molar-refractivity contribution >= 4 is 45.8 Å². The maximum absolute atomic E-state index is 13.8. The third-order valence-electron chi connectivity index (χ3n) is 7.45. The summed E-state index contributed by atoms with van der Waals surface area (Å²) in [4.78, 5) is 39.2. The van der Waals surface area contributed by atoms with Crippen molar-refractivity contribution in [1.29, 1.82) is 0 Å². The average Bonchev–Trinajstić information content (AvgIpc) is 3.02. The van der Waals surface area contributed by atoms with Gasteiger partial charge < -0.3 is 26.8 Å². The Labute approximate surface area is 290 Å². The zero-order chi connectivity index (χ0) is 34.8. The molecule has 13 heteroatoms. The van der Waals surface area contributed by atoms with Crippen LogP contribution in [0.2, 0.25) is 0 Å². The summed E-state index contributed by atoms with van der Waals surface area (Å²) >= 11 is 0. The quantitative estimate of drug-likeness (QED) is 0.151. The molecule has 0 aliphatic rings. The van der Waals surface area contributed by atoms with Gasteiger partial charge in [-0.2, -0.15) is 4.31 Å². The Balaban J connectivity index is 0.00000800. The number of nitrogens with one attached hydrogen (secondary N) is 3.